The molecule has 2 aromatic heterocycles. The van der Waals surface area contributed by atoms with Crippen LogP contribution in [0, 0.1) is 0 Å². The molecule has 1 aliphatic rings. The third kappa shape index (κ3) is 5.95. The Labute approximate surface area is 191 Å². The summed E-state index contributed by atoms with van der Waals surface area (Å²) in [7, 11) is 0. The van der Waals surface area contributed by atoms with Crippen LogP contribution in [0.25, 0.3) is 10.7 Å². The average molecular weight is 488 g/mol. The summed E-state index contributed by atoms with van der Waals surface area (Å²) in [5.41, 5.74) is 5.42. The van der Waals surface area contributed by atoms with Crippen LogP contribution in [0.5, 0.6) is 0 Å². The molecule has 1 amide bonds. The van der Waals surface area contributed by atoms with Crippen molar-refractivity contribution in [3.63, 3.8) is 0 Å². The molecule has 0 saturated carbocycles. The van der Waals surface area contributed by atoms with Crippen molar-refractivity contribution in [1.82, 2.24) is 19.5 Å². The van der Waals surface area contributed by atoms with E-state index in [0.29, 0.717) is 43.4 Å². The Balaban J connectivity index is 1.82. The topological polar surface area (TPSA) is 120 Å². The minimum atomic E-state index is -4.95. The number of amides is 1. The molecule has 1 saturated heterocycles. The van der Waals surface area contributed by atoms with Crippen LogP contribution in [0.4, 0.5) is 18.0 Å². The Hall–Kier alpha value is -2.83. The SMILES string of the molecule is CC(C)(C)OC(=O)N1CCC(c2cc(=O)nc3/c(=C(\N)SCC(=O)C(F)(F)F)cnn23)CC1. The highest BCUT2D eigenvalue weighted by atomic mass is 32.2. The summed E-state index contributed by atoms with van der Waals surface area (Å²) in [5, 5.41) is 4.31. The van der Waals surface area contributed by atoms with Crippen molar-refractivity contribution in [2.75, 3.05) is 18.8 Å². The van der Waals surface area contributed by atoms with E-state index in [1.807, 2.05) is 0 Å². The first kappa shape index (κ1) is 24.8. The van der Waals surface area contributed by atoms with Gasteiger partial charge in [0.1, 0.15) is 5.60 Å². The maximum Gasteiger partial charge on any atom is 0.450 e. The Morgan fingerprint density at radius 3 is 2.45 bits per heavy atom. The van der Waals surface area contributed by atoms with Crippen molar-refractivity contribution >= 4 is 34.3 Å². The molecule has 0 bridgehead atoms. The van der Waals surface area contributed by atoms with Gasteiger partial charge in [-0.05, 0) is 33.6 Å². The minimum Gasteiger partial charge on any atom is -0.444 e. The van der Waals surface area contributed by atoms with Crippen LogP contribution < -0.4 is 16.5 Å². The van der Waals surface area contributed by atoms with E-state index in [-0.39, 0.29) is 21.8 Å². The molecule has 0 unspecified atom stereocenters. The largest absolute Gasteiger partial charge is 0.450 e. The number of fused-ring (bicyclic) bond motifs is 1. The first-order chi connectivity index (χ1) is 15.3. The summed E-state index contributed by atoms with van der Waals surface area (Å²) >= 11 is 0.511. The molecule has 0 atom stereocenters. The first-order valence-corrected chi connectivity index (χ1v) is 11.1. The molecule has 0 aliphatic carbocycles. The second kappa shape index (κ2) is 9.20. The smallest absolute Gasteiger partial charge is 0.444 e. The van der Waals surface area contributed by atoms with Crippen LogP contribution in [0.15, 0.2) is 17.1 Å². The molecule has 0 radical (unpaired) electrons. The molecule has 2 aromatic rings. The lowest BCUT2D eigenvalue weighted by atomic mass is 9.93. The molecule has 1 aliphatic heterocycles. The molecule has 33 heavy (non-hydrogen) atoms. The van der Waals surface area contributed by atoms with Crippen molar-refractivity contribution < 1.29 is 27.5 Å². The fraction of sp³-hybridized carbons (Fsp3) is 0.550. The number of carbonyl (C=O) groups excluding carboxylic acids is 2. The van der Waals surface area contributed by atoms with Gasteiger partial charge in [0.2, 0.25) is 5.78 Å². The zero-order chi connectivity index (χ0) is 24.6. The van der Waals surface area contributed by atoms with E-state index in [4.69, 9.17) is 10.5 Å². The number of carbonyl (C=O) groups is 2. The minimum absolute atomic E-state index is 0.0913. The molecule has 3 heterocycles. The quantitative estimate of drug-likeness (QED) is 0.694. The van der Waals surface area contributed by atoms with Gasteiger partial charge < -0.3 is 15.4 Å². The molecule has 1 fully saturated rings. The van der Waals surface area contributed by atoms with Crippen LogP contribution in [0.1, 0.15) is 45.2 Å². The maximum absolute atomic E-state index is 12.4. The van der Waals surface area contributed by atoms with Crippen LogP contribution >= 0.6 is 11.8 Å². The number of hydrogen-bond acceptors (Lipinski definition) is 8. The number of rotatable bonds is 4. The highest BCUT2D eigenvalue weighted by Gasteiger charge is 2.37. The number of aromatic nitrogens is 3. The van der Waals surface area contributed by atoms with Crippen LogP contribution in [-0.4, -0.2) is 62.0 Å². The second-order valence-corrected chi connectivity index (χ2v) is 9.65. The van der Waals surface area contributed by atoms with Crippen molar-refractivity contribution in [1.29, 1.82) is 0 Å². The summed E-state index contributed by atoms with van der Waals surface area (Å²) in [4.78, 5) is 41.2. The zero-order valence-corrected chi connectivity index (χ0v) is 19.1. The number of nitrogens with zero attached hydrogens (tertiary/aromatic N) is 4. The molecular weight excluding hydrogens is 463 g/mol. The number of ether oxygens (including phenoxy) is 1. The predicted octanol–water partition coefficient (Wildman–Crippen LogP) is 1.81. The Bertz CT molecular complexity index is 1170. The van der Waals surface area contributed by atoms with Gasteiger partial charge in [0.25, 0.3) is 5.56 Å². The number of halogens is 3. The summed E-state index contributed by atoms with van der Waals surface area (Å²) in [6, 6.07) is 1.36. The molecule has 2 N–H and O–H groups in total. The lowest BCUT2D eigenvalue weighted by Crippen LogP contribution is -2.41. The Morgan fingerprint density at radius 2 is 1.88 bits per heavy atom. The maximum atomic E-state index is 12.4. The van der Waals surface area contributed by atoms with Crippen molar-refractivity contribution in [3.05, 3.63) is 33.5 Å². The van der Waals surface area contributed by atoms with E-state index in [0.717, 1.165) is 0 Å². The third-order valence-corrected chi connectivity index (χ3v) is 5.92. The number of thioether (sulfide) groups is 1. The van der Waals surface area contributed by atoms with Crippen LogP contribution in [-0.2, 0) is 9.53 Å². The van der Waals surface area contributed by atoms with Gasteiger partial charge in [-0.1, -0.05) is 11.8 Å². The van der Waals surface area contributed by atoms with Crippen LogP contribution in [0.2, 0.25) is 0 Å². The average Bonchev–Trinajstić information content (AvgIpc) is 3.13. The standard InChI is InChI=1S/C20H24F3N5O4S/c1-19(2,3)32-18(31)27-6-4-11(5-7-27)13-8-15(30)26-17-12(9-25-28(13)17)16(24)33-10-14(29)20(21,22)23/h8-9,11H,4-7,10,24H2,1-3H3/b16-12+. The predicted molar refractivity (Wildman–Crippen MR) is 115 cm³/mol. The van der Waals surface area contributed by atoms with Gasteiger partial charge in [-0.25, -0.2) is 9.31 Å². The van der Waals surface area contributed by atoms with E-state index in [2.05, 4.69) is 10.1 Å². The number of alkyl halides is 3. The monoisotopic (exact) mass is 487 g/mol. The summed E-state index contributed by atoms with van der Waals surface area (Å²) in [5.74, 6) is -2.91. The fourth-order valence-electron chi connectivity index (χ4n) is 3.41. The van der Waals surface area contributed by atoms with Gasteiger partial charge in [0, 0.05) is 25.1 Å². The Morgan fingerprint density at radius 1 is 1.24 bits per heavy atom. The molecule has 3 rings (SSSR count). The van der Waals surface area contributed by atoms with Crippen molar-refractivity contribution in [2.45, 2.75) is 51.3 Å². The van der Waals surface area contributed by atoms with Gasteiger partial charge in [-0.15, -0.1) is 0 Å². The molecular formula is C20H24F3N5O4S. The fourth-order valence-corrected chi connectivity index (χ4v) is 4.16. The van der Waals surface area contributed by atoms with Crippen LogP contribution in [0.3, 0.4) is 0 Å². The number of piperidine rings is 1. The first-order valence-electron chi connectivity index (χ1n) is 10.2. The summed E-state index contributed by atoms with van der Waals surface area (Å²) in [6.45, 7) is 6.22. The van der Waals surface area contributed by atoms with Gasteiger partial charge in [0.05, 0.1) is 27.9 Å². The number of likely N-dealkylation sites (tertiary alicyclic amines) is 1. The number of nitrogens with two attached hydrogens (primary N) is 1. The highest BCUT2D eigenvalue weighted by Crippen LogP contribution is 2.28. The molecule has 13 heteroatoms. The highest BCUT2D eigenvalue weighted by molar-refractivity contribution is 8.08. The summed E-state index contributed by atoms with van der Waals surface area (Å²) < 4.78 is 44.2. The lowest BCUT2D eigenvalue weighted by Gasteiger charge is -2.33. The van der Waals surface area contributed by atoms with Gasteiger partial charge in [0.15, 0.2) is 5.65 Å². The van der Waals surface area contributed by atoms with Crippen molar-refractivity contribution in [2.24, 2.45) is 5.73 Å². The van der Waals surface area contributed by atoms with E-state index in [9.17, 15) is 27.6 Å². The van der Waals surface area contributed by atoms with E-state index in [1.165, 1.54) is 16.8 Å². The second-order valence-electron chi connectivity index (χ2n) is 8.63. The number of Topliss-reactive ketones (excluding diaryl/α,β-unsaturated/α-hetero) is 1. The zero-order valence-electron chi connectivity index (χ0n) is 18.3. The molecule has 9 nitrogen and oxygen atoms in total. The van der Waals surface area contributed by atoms with E-state index >= 15 is 0 Å². The third-order valence-electron chi connectivity index (χ3n) is 4.98. The van der Waals surface area contributed by atoms with E-state index < -0.39 is 35.0 Å². The van der Waals surface area contributed by atoms with Gasteiger partial charge in [-0.2, -0.15) is 23.3 Å². The summed E-state index contributed by atoms with van der Waals surface area (Å²) in [6.07, 6.45) is -2.93. The van der Waals surface area contributed by atoms with Gasteiger partial charge in [-0.3, -0.25) is 9.59 Å². The molecule has 180 valence electrons. The molecule has 0 aromatic carbocycles. The van der Waals surface area contributed by atoms with Gasteiger partial charge >= 0.3 is 12.3 Å². The van der Waals surface area contributed by atoms with Crippen molar-refractivity contribution in [3.8, 4) is 0 Å². The lowest BCUT2D eigenvalue weighted by molar-refractivity contribution is -0.167. The Kier molecular flexibility index (Phi) is 6.91. The number of ketones is 1. The number of hydrogen-bond donors (Lipinski definition) is 1. The molecule has 0 spiro atoms. The normalized spacial score (nSPS) is 16.7. The van der Waals surface area contributed by atoms with E-state index in [1.54, 1.807) is 25.7 Å².